The highest BCUT2D eigenvalue weighted by Gasteiger charge is 2.33. The van der Waals surface area contributed by atoms with Gasteiger partial charge in [0.25, 0.3) is 0 Å². The fraction of sp³-hybridized carbons (Fsp3) is 0.600. The molecule has 0 aromatic heterocycles. The van der Waals surface area contributed by atoms with Crippen LogP contribution in [0.25, 0.3) is 0 Å². The highest BCUT2D eigenvalue weighted by Crippen LogP contribution is 2.32. The van der Waals surface area contributed by atoms with E-state index in [1.54, 1.807) is 13.8 Å². The summed E-state index contributed by atoms with van der Waals surface area (Å²) in [5, 5.41) is 0. The number of aryl methyl sites for hydroxylation is 2. The second-order valence-electron chi connectivity index (χ2n) is 6.01. The zero-order valence-electron chi connectivity index (χ0n) is 12.4. The summed E-state index contributed by atoms with van der Waals surface area (Å²) in [4.78, 5) is 0.214. The quantitative estimate of drug-likeness (QED) is 0.932. The Morgan fingerprint density at radius 1 is 1.15 bits per heavy atom. The minimum Gasteiger partial charge on any atom is -0.208 e. The van der Waals surface area contributed by atoms with Gasteiger partial charge in [-0.3, -0.25) is 0 Å². The van der Waals surface area contributed by atoms with Crippen LogP contribution in [0.1, 0.15) is 37.8 Å². The van der Waals surface area contributed by atoms with Gasteiger partial charge in [0.15, 0.2) is 0 Å². The number of hydrogen-bond donors (Lipinski definition) is 1. The van der Waals surface area contributed by atoms with Crippen molar-refractivity contribution < 1.29 is 12.8 Å². The zero-order valence-corrected chi connectivity index (χ0v) is 13.2. The van der Waals surface area contributed by atoms with Crippen molar-refractivity contribution in [3.63, 3.8) is 0 Å². The first-order valence-electron chi connectivity index (χ1n) is 7.01. The van der Waals surface area contributed by atoms with Crippen LogP contribution in [0, 0.1) is 31.5 Å². The number of halogens is 1. The van der Waals surface area contributed by atoms with Crippen LogP contribution < -0.4 is 4.72 Å². The molecule has 0 radical (unpaired) electrons. The van der Waals surface area contributed by atoms with E-state index in [0.717, 1.165) is 12.8 Å². The molecule has 2 rings (SSSR count). The summed E-state index contributed by atoms with van der Waals surface area (Å²) in [6.45, 7) is 7.49. The Balaban J connectivity index is 2.32. The third-order valence-corrected chi connectivity index (χ3v) is 6.26. The van der Waals surface area contributed by atoms with Crippen LogP contribution in [0.4, 0.5) is 4.39 Å². The third-order valence-electron chi connectivity index (χ3n) is 4.47. The van der Waals surface area contributed by atoms with E-state index in [0.29, 0.717) is 23.0 Å². The molecule has 1 fully saturated rings. The summed E-state index contributed by atoms with van der Waals surface area (Å²) < 4.78 is 41.2. The Bertz CT molecular complexity index is 589. The largest absolute Gasteiger partial charge is 0.241 e. The summed E-state index contributed by atoms with van der Waals surface area (Å²) >= 11 is 0. The Kier molecular flexibility index (Phi) is 4.21. The molecule has 0 saturated heterocycles. The van der Waals surface area contributed by atoms with Gasteiger partial charge >= 0.3 is 0 Å². The molecule has 1 aromatic carbocycles. The van der Waals surface area contributed by atoms with Gasteiger partial charge in [-0.05, 0) is 61.8 Å². The first-order chi connectivity index (χ1) is 9.22. The van der Waals surface area contributed by atoms with Crippen molar-refractivity contribution in [3.8, 4) is 0 Å². The van der Waals surface area contributed by atoms with E-state index in [2.05, 4.69) is 18.6 Å². The normalized spacial score (nSPS) is 26.9. The molecule has 0 heterocycles. The Morgan fingerprint density at radius 2 is 1.70 bits per heavy atom. The summed E-state index contributed by atoms with van der Waals surface area (Å²) in [6.07, 6.45) is 1.90. The van der Waals surface area contributed by atoms with Gasteiger partial charge in [0.2, 0.25) is 10.0 Å². The van der Waals surface area contributed by atoms with Crippen molar-refractivity contribution >= 4 is 10.0 Å². The fourth-order valence-corrected chi connectivity index (χ4v) is 4.93. The molecule has 3 nitrogen and oxygen atoms in total. The molecule has 3 unspecified atom stereocenters. The number of benzene rings is 1. The minimum absolute atomic E-state index is 0.0288. The Hall–Kier alpha value is -0.940. The predicted molar refractivity (Wildman–Crippen MR) is 77.5 cm³/mol. The van der Waals surface area contributed by atoms with Crippen LogP contribution >= 0.6 is 0 Å². The molecular formula is C15H22FNO2S. The van der Waals surface area contributed by atoms with E-state index in [1.807, 2.05) is 0 Å². The zero-order chi connectivity index (χ0) is 15.1. The van der Waals surface area contributed by atoms with Gasteiger partial charge in [-0.15, -0.1) is 0 Å². The standard InChI is InChI=1S/C15H22FNO2S/c1-9-5-6-14(12(9)4)17-20(18,19)15-10(2)7-13(16)8-11(15)3/h7-9,12,14,17H,5-6H2,1-4H3. The molecule has 1 N–H and O–H groups in total. The molecule has 112 valence electrons. The highest BCUT2D eigenvalue weighted by atomic mass is 32.2. The van der Waals surface area contributed by atoms with Crippen LogP contribution in [-0.4, -0.2) is 14.5 Å². The average molecular weight is 299 g/mol. The maximum Gasteiger partial charge on any atom is 0.241 e. The van der Waals surface area contributed by atoms with Crippen LogP contribution in [0.3, 0.4) is 0 Å². The van der Waals surface area contributed by atoms with Crippen molar-refractivity contribution in [2.75, 3.05) is 0 Å². The van der Waals surface area contributed by atoms with E-state index < -0.39 is 15.8 Å². The lowest BCUT2D eigenvalue weighted by Gasteiger charge is -2.21. The molecule has 0 spiro atoms. The van der Waals surface area contributed by atoms with Crippen molar-refractivity contribution in [1.82, 2.24) is 4.72 Å². The van der Waals surface area contributed by atoms with Gasteiger partial charge in [0.05, 0.1) is 4.90 Å². The summed E-state index contributed by atoms with van der Waals surface area (Å²) in [6, 6.07) is 2.50. The number of nitrogens with one attached hydrogen (secondary N) is 1. The fourth-order valence-electron chi connectivity index (χ4n) is 3.11. The smallest absolute Gasteiger partial charge is 0.208 e. The second-order valence-corrected chi connectivity index (χ2v) is 7.66. The van der Waals surface area contributed by atoms with Gasteiger partial charge in [-0.1, -0.05) is 13.8 Å². The van der Waals surface area contributed by atoms with E-state index in [-0.39, 0.29) is 10.9 Å². The van der Waals surface area contributed by atoms with Gasteiger partial charge in [0.1, 0.15) is 5.82 Å². The molecule has 1 aromatic rings. The van der Waals surface area contributed by atoms with E-state index in [1.165, 1.54) is 12.1 Å². The molecule has 0 aliphatic heterocycles. The molecular weight excluding hydrogens is 277 g/mol. The molecule has 0 bridgehead atoms. The molecule has 20 heavy (non-hydrogen) atoms. The highest BCUT2D eigenvalue weighted by molar-refractivity contribution is 7.89. The van der Waals surface area contributed by atoms with Gasteiger partial charge in [-0.2, -0.15) is 0 Å². The van der Waals surface area contributed by atoms with Crippen molar-refractivity contribution in [2.24, 2.45) is 11.8 Å². The lowest BCUT2D eigenvalue weighted by atomic mass is 9.98. The Labute approximate surface area is 120 Å². The lowest BCUT2D eigenvalue weighted by molar-refractivity contribution is 0.402. The van der Waals surface area contributed by atoms with Gasteiger partial charge in [-0.25, -0.2) is 17.5 Å². The molecule has 5 heteroatoms. The molecule has 0 amide bonds. The van der Waals surface area contributed by atoms with Crippen LogP contribution in [0.2, 0.25) is 0 Å². The lowest BCUT2D eigenvalue weighted by Crippen LogP contribution is -2.37. The molecule has 3 atom stereocenters. The minimum atomic E-state index is -3.59. The van der Waals surface area contributed by atoms with Gasteiger partial charge < -0.3 is 0 Å². The third kappa shape index (κ3) is 2.88. The van der Waals surface area contributed by atoms with E-state index in [4.69, 9.17) is 0 Å². The first kappa shape index (κ1) is 15.4. The number of sulfonamides is 1. The van der Waals surface area contributed by atoms with Crippen LogP contribution in [0.5, 0.6) is 0 Å². The Morgan fingerprint density at radius 3 is 2.15 bits per heavy atom. The molecule has 1 aliphatic carbocycles. The van der Waals surface area contributed by atoms with Crippen LogP contribution in [0.15, 0.2) is 17.0 Å². The van der Waals surface area contributed by atoms with Gasteiger partial charge in [0, 0.05) is 6.04 Å². The maximum absolute atomic E-state index is 13.3. The predicted octanol–water partition coefficient (Wildman–Crippen LogP) is 3.16. The number of hydrogen-bond acceptors (Lipinski definition) is 2. The van der Waals surface area contributed by atoms with E-state index in [9.17, 15) is 12.8 Å². The maximum atomic E-state index is 13.3. The van der Waals surface area contributed by atoms with Crippen molar-refractivity contribution in [1.29, 1.82) is 0 Å². The first-order valence-corrected chi connectivity index (χ1v) is 8.49. The average Bonchev–Trinajstić information content (AvgIpc) is 2.58. The monoisotopic (exact) mass is 299 g/mol. The van der Waals surface area contributed by atoms with Crippen molar-refractivity contribution in [3.05, 3.63) is 29.1 Å². The topological polar surface area (TPSA) is 46.2 Å². The second kappa shape index (κ2) is 5.45. The number of rotatable bonds is 3. The summed E-state index contributed by atoms with van der Waals surface area (Å²) in [7, 11) is -3.59. The molecule has 1 aliphatic rings. The molecule has 1 saturated carbocycles. The van der Waals surface area contributed by atoms with Crippen molar-refractivity contribution in [2.45, 2.75) is 51.5 Å². The van der Waals surface area contributed by atoms with E-state index >= 15 is 0 Å². The SMILES string of the molecule is Cc1cc(F)cc(C)c1S(=O)(=O)NC1CCC(C)C1C. The van der Waals surface area contributed by atoms with Crippen LogP contribution in [-0.2, 0) is 10.0 Å². The summed E-state index contributed by atoms with van der Waals surface area (Å²) in [5.41, 5.74) is 0.905. The summed E-state index contributed by atoms with van der Waals surface area (Å²) in [5.74, 6) is 0.450.